The van der Waals surface area contributed by atoms with E-state index < -0.39 is 0 Å². The Hall–Kier alpha value is -5.48. The fraction of sp³-hybridized carbons (Fsp3) is 0.0714. The van der Waals surface area contributed by atoms with Crippen LogP contribution in [0.25, 0.3) is 90.9 Å². The second-order valence-corrected chi connectivity index (χ2v) is 27.1. The van der Waals surface area contributed by atoms with Crippen molar-refractivity contribution in [3.63, 3.8) is 0 Å². The molecule has 6 N–H and O–H groups in total. The Morgan fingerprint density at radius 2 is 0.588 bits per heavy atom. The van der Waals surface area contributed by atoms with Gasteiger partial charge in [-0.3, -0.25) is 19.2 Å². The van der Waals surface area contributed by atoms with Gasteiger partial charge in [0.15, 0.2) is 20.5 Å². The Morgan fingerprint density at radius 3 is 0.775 bits per heavy atom. The minimum Gasteiger partial charge on any atom is -0.354 e. The number of carbonyl (C=O) groups excluding carboxylic acids is 4. The van der Waals surface area contributed by atoms with Gasteiger partial charge in [-0.05, 0) is 121 Å². The van der Waals surface area contributed by atoms with Crippen LogP contribution in [-0.2, 0) is 19.2 Å². The van der Waals surface area contributed by atoms with Gasteiger partial charge in [-0.2, -0.15) is 0 Å². The van der Waals surface area contributed by atoms with Gasteiger partial charge in [-0.25, -0.2) is 9.97 Å². The van der Waals surface area contributed by atoms with E-state index in [0.717, 1.165) is 47.0 Å². The van der Waals surface area contributed by atoms with Crippen molar-refractivity contribution >= 4 is 253 Å². The molecule has 5 heterocycles. The average Bonchev–Trinajstić information content (AvgIpc) is 4.22. The Bertz CT molecular complexity index is 3590. The number of fused-ring (bicyclic) bond motifs is 8. The Labute approximate surface area is 520 Å². The number of thiocarbonyl (C=S) groups is 4. The highest BCUT2D eigenvalue weighted by Crippen LogP contribution is 2.46. The monoisotopic (exact) mass is 1270 g/mol. The topological polar surface area (TPSA) is 174 Å². The van der Waals surface area contributed by atoms with Crippen LogP contribution in [0.1, 0.15) is 50.5 Å². The number of rotatable bonds is 12. The maximum Gasteiger partial charge on any atom is 0.190 e. The molecule has 0 saturated heterocycles. The summed E-state index contributed by atoms with van der Waals surface area (Å²) >= 11 is 44.4. The SMILES string of the molecule is CC(=O)Sc1ccc(NC(=S)S)c(-c2c3nc(c(-c4cc(SC(C)=O)ccc4NC(=S)S)c4ccc([nH]4)c(-c4cc(SC(C)=O)ccc4NC(=S)S)c4nc(c(-c5cc(SC(C)=O)ccc5NC(=S)S)c5ccc2[nH]5)C=C4)C=C3)c1. The van der Waals surface area contributed by atoms with Gasteiger partial charge >= 0.3 is 0 Å². The molecule has 0 fully saturated rings. The van der Waals surface area contributed by atoms with Crippen LogP contribution in [0.4, 0.5) is 22.7 Å². The number of hydrogen-bond donors (Lipinski definition) is 10. The number of carbonyl (C=O) groups is 4. The molecule has 0 aliphatic carbocycles. The van der Waals surface area contributed by atoms with Crippen molar-refractivity contribution in [2.24, 2.45) is 0 Å². The summed E-state index contributed by atoms with van der Waals surface area (Å²) in [6.45, 7) is 6.02. The number of anilines is 4. The van der Waals surface area contributed by atoms with Crippen molar-refractivity contribution in [1.82, 2.24) is 19.9 Å². The number of hydrogen-bond acceptors (Lipinski definition) is 14. The first kappa shape index (κ1) is 59.2. The predicted molar refractivity (Wildman–Crippen MR) is 368 cm³/mol. The second kappa shape index (κ2) is 25.8. The Morgan fingerprint density at radius 1 is 0.375 bits per heavy atom. The number of nitrogens with one attached hydrogen (secondary N) is 6. The minimum atomic E-state index is -0.114. The molecule has 2 aliphatic rings. The summed E-state index contributed by atoms with van der Waals surface area (Å²) in [6.07, 6.45) is 7.64. The summed E-state index contributed by atoms with van der Waals surface area (Å²) in [5.41, 5.74) is 11.8. The van der Waals surface area contributed by atoms with Crippen LogP contribution >= 0.6 is 146 Å². The highest BCUT2D eigenvalue weighted by Gasteiger charge is 2.25. The minimum absolute atomic E-state index is 0.114. The lowest BCUT2D eigenvalue weighted by Gasteiger charge is -2.15. The van der Waals surface area contributed by atoms with Gasteiger partial charge in [-0.15, -0.1) is 50.5 Å². The molecule has 12 nitrogen and oxygen atoms in total. The number of thioether (sulfide) groups is 4. The molecule has 3 aromatic heterocycles. The van der Waals surface area contributed by atoms with E-state index in [1.54, 1.807) is 0 Å². The molecule has 80 heavy (non-hydrogen) atoms. The summed E-state index contributed by atoms with van der Waals surface area (Å²) in [4.78, 5) is 72.0. The van der Waals surface area contributed by atoms with Crippen LogP contribution < -0.4 is 21.3 Å². The normalized spacial score (nSPS) is 11.5. The lowest BCUT2D eigenvalue weighted by molar-refractivity contribution is -0.109. The van der Waals surface area contributed by atoms with E-state index >= 15 is 0 Å². The van der Waals surface area contributed by atoms with Crippen LogP contribution in [0.15, 0.2) is 117 Å². The molecule has 0 saturated carbocycles. The highest BCUT2D eigenvalue weighted by atomic mass is 32.2. The van der Waals surface area contributed by atoms with E-state index in [-0.39, 0.29) is 37.7 Å². The van der Waals surface area contributed by atoms with Crippen molar-refractivity contribution in [2.75, 3.05) is 21.3 Å². The molecule has 0 radical (unpaired) electrons. The number of aromatic nitrogens is 4. The van der Waals surface area contributed by atoms with E-state index in [1.165, 1.54) is 27.7 Å². The van der Waals surface area contributed by atoms with Crippen LogP contribution in [0.2, 0.25) is 0 Å². The molecular formula is C56H42N8O4S12. The van der Waals surface area contributed by atoms with Crippen LogP contribution in [0.3, 0.4) is 0 Å². The molecule has 0 atom stereocenters. The molecule has 2 aliphatic heterocycles. The van der Waals surface area contributed by atoms with Crippen LogP contribution in [0, 0.1) is 0 Å². The maximum absolute atomic E-state index is 12.7. The zero-order valence-corrected chi connectivity index (χ0v) is 52.2. The van der Waals surface area contributed by atoms with E-state index in [2.05, 4.69) is 81.8 Å². The molecular weight excluding hydrogens is 1230 g/mol. The number of H-pyrrole nitrogens is 2. The molecule has 24 heteroatoms. The van der Waals surface area contributed by atoms with Gasteiger partial charge in [0.05, 0.1) is 22.8 Å². The fourth-order valence-corrected chi connectivity index (χ4v) is 12.6. The lowest BCUT2D eigenvalue weighted by Crippen LogP contribution is -2.04. The Balaban J connectivity index is 1.55. The molecule has 4 aromatic carbocycles. The standard InChI is InChI=1S/C56H42N8O4S12/c1-25(65)77-29-5-9-37(61-53(69)70)33(21-29)49-41-13-15-43(57-41)50(34-22-30(78-26(2)66)6-10-38(34)62-54(71)72)45-17-19-47(59-45)52(36-24-32(80-28(4)68)8-12-40(36)64-56(75)76)48-20-18-46(60-48)51(44-16-14-42(49)58-44)35-23-31(79-27(3)67)7-11-39(35)63-55(73)74/h5-24,57,60H,1-4H3,(H2,61,69,70)(H2,62,71,72)(H2,63,73,74)(H2,64,75,76). The molecule has 0 spiro atoms. The summed E-state index contributed by atoms with van der Waals surface area (Å²) in [5, 5.41) is 12.5. The predicted octanol–water partition coefficient (Wildman–Crippen LogP) is 16.4. The van der Waals surface area contributed by atoms with Gasteiger partial charge in [-0.1, -0.05) is 95.9 Å². The van der Waals surface area contributed by atoms with Crippen molar-refractivity contribution in [1.29, 1.82) is 0 Å². The van der Waals surface area contributed by atoms with Crippen molar-refractivity contribution < 1.29 is 19.2 Å². The second-order valence-electron chi connectivity index (χ2n) is 17.4. The van der Waals surface area contributed by atoms with Crippen molar-refractivity contribution in [2.45, 2.75) is 47.3 Å². The molecule has 0 unspecified atom stereocenters. The molecule has 8 bridgehead atoms. The molecule has 9 rings (SSSR count). The van der Waals surface area contributed by atoms with Crippen molar-refractivity contribution in [3.05, 3.63) is 120 Å². The van der Waals surface area contributed by atoms with Gasteiger partial charge in [0.1, 0.15) is 17.3 Å². The van der Waals surface area contributed by atoms with Gasteiger partial charge < -0.3 is 31.2 Å². The Kier molecular flexibility index (Phi) is 19.0. The first-order valence-corrected chi connectivity index (χ1v) is 30.3. The maximum atomic E-state index is 12.7. The van der Waals surface area contributed by atoms with E-state index in [0.29, 0.717) is 132 Å². The van der Waals surface area contributed by atoms with E-state index in [9.17, 15) is 19.2 Å². The molecule has 7 aromatic rings. The quantitative estimate of drug-likeness (QED) is 0.0318. The third kappa shape index (κ3) is 14.0. The number of aromatic amines is 2. The summed E-state index contributed by atoms with van der Waals surface area (Å²) in [6, 6.07) is 30.1. The third-order valence-electron chi connectivity index (χ3n) is 11.8. The molecule has 0 amide bonds. The number of benzene rings is 4. The van der Waals surface area contributed by atoms with Gasteiger partial charge in [0, 0.05) is 137 Å². The van der Waals surface area contributed by atoms with Gasteiger partial charge in [0.2, 0.25) is 0 Å². The first-order valence-electron chi connectivity index (χ1n) is 23.6. The summed E-state index contributed by atoms with van der Waals surface area (Å²) in [5.74, 6) is 0. The molecule has 402 valence electrons. The fourth-order valence-electron chi connectivity index (χ4n) is 9.07. The van der Waals surface area contributed by atoms with E-state index in [4.69, 9.17) is 58.8 Å². The largest absolute Gasteiger partial charge is 0.354 e. The average molecular weight is 1280 g/mol. The zero-order chi connectivity index (χ0) is 57.1. The zero-order valence-electron chi connectivity index (χ0n) is 42.1. The number of nitrogens with zero attached hydrogens (tertiary/aromatic N) is 2. The van der Waals surface area contributed by atoms with Crippen molar-refractivity contribution in [3.8, 4) is 44.5 Å². The van der Waals surface area contributed by atoms with E-state index in [1.807, 2.05) is 121 Å². The smallest absolute Gasteiger partial charge is 0.190 e. The first-order chi connectivity index (χ1) is 38.2. The highest BCUT2D eigenvalue weighted by molar-refractivity contribution is 8.15. The lowest BCUT2D eigenvalue weighted by atomic mass is 10.0. The van der Waals surface area contributed by atoms with Crippen LogP contribution in [-0.4, -0.2) is 57.7 Å². The van der Waals surface area contributed by atoms with Crippen LogP contribution in [0.5, 0.6) is 0 Å². The number of thiol groups is 4. The van der Waals surface area contributed by atoms with Gasteiger partial charge in [0.25, 0.3) is 0 Å². The summed E-state index contributed by atoms with van der Waals surface area (Å²) in [7, 11) is 0. The third-order valence-corrected chi connectivity index (χ3v) is 15.8. The summed E-state index contributed by atoms with van der Waals surface area (Å²) < 4.78 is 0.814.